The van der Waals surface area contributed by atoms with Gasteiger partial charge in [0.25, 0.3) is 0 Å². The first-order valence-electron chi connectivity index (χ1n) is 12.8. The van der Waals surface area contributed by atoms with E-state index in [9.17, 15) is 4.79 Å². The Balaban J connectivity index is 1.42. The highest BCUT2D eigenvalue weighted by Crippen LogP contribution is 2.40. The van der Waals surface area contributed by atoms with Crippen molar-refractivity contribution in [1.82, 2.24) is 5.01 Å². The van der Waals surface area contributed by atoms with Gasteiger partial charge in [-0.15, -0.1) is 0 Å². The molecule has 1 amide bonds. The largest absolute Gasteiger partial charge is 0.497 e. The number of thioether (sulfide) groups is 1. The maximum absolute atomic E-state index is 12.7. The third-order valence-corrected chi connectivity index (χ3v) is 7.82. The first-order chi connectivity index (χ1) is 19.6. The second kappa shape index (κ2) is 10.9. The number of hydrogen-bond donors (Lipinski definition) is 0. The number of nitrogens with zero attached hydrogens (tertiary/aromatic N) is 3. The number of methoxy groups -OCH3 is 3. The van der Waals surface area contributed by atoms with Gasteiger partial charge < -0.3 is 14.2 Å². The predicted octanol–water partition coefficient (Wildman–Crippen LogP) is 7.32. The molecule has 8 heteroatoms. The van der Waals surface area contributed by atoms with Gasteiger partial charge in [-0.1, -0.05) is 54.6 Å². The number of ether oxygens (including phenoxy) is 3. The number of rotatable bonds is 6. The van der Waals surface area contributed by atoms with Crippen LogP contribution in [-0.2, 0) is 0 Å². The summed E-state index contributed by atoms with van der Waals surface area (Å²) in [5.74, 6) is 2.55. The molecule has 6 rings (SSSR count). The Morgan fingerprint density at radius 2 is 1.62 bits per heavy atom. The van der Waals surface area contributed by atoms with Gasteiger partial charge in [0, 0.05) is 6.42 Å². The average Bonchev–Trinajstić information content (AvgIpc) is 3.60. The normalized spacial score (nSPS) is 17.8. The summed E-state index contributed by atoms with van der Waals surface area (Å²) in [6.07, 6.45) is 2.59. The van der Waals surface area contributed by atoms with Crippen LogP contribution in [0.15, 0.2) is 99.9 Å². The molecular formula is C32H27N3O4S. The minimum atomic E-state index is -0.274. The van der Waals surface area contributed by atoms with Crippen molar-refractivity contribution in [3.63, 3.8) is 0 Å². The molecule has 7 nitrogen and oxygen atoms in total. The third-order valence-electron chi connectivity index (χ3n) is 7.03. The lowest BCUT2D eigenvalue weighted by Crippen LogP contribution is -2.26. The van der Waals surface area contributed by atoms with Gasteiger partial charge in [0.15, 0.2) is 17.3 Å². The van der Waals surface area contributed by atoms with Crippen LogP contribution in [0.5, 0.6) is 17.2 Å². The lowest BCUT2D eigenvalue weighted by Gasteiger charge is -2.24. The summed E-state index contributed by atoms with van der Waals surface area (Å²) in [6.45, 7) is 0. The van der Waals surface area contributed by atoms with Crippen molar-refractivity contribution < 1.29 is 19.0 Å². The molecule has 1 atom stereocenters. The summed E-state index contributed by atoms with van der Waals surface area (Å²) in [5.41, 5.74) is 3.89. The number of aliphatic imine (C=N–C) groups is 1. The molecule has 0 fully saturated rings. The van der Waals surface area contributed by atoms with E-state index in [1.165, 1.54) is 5.39 Å². The van der Waals surface area contributed by atoms with Gasteiger partial charge in [-0.25, -0.2) is 5.01 Å². The number of hydrazone groups is 1. The Morgan fingerprint density at radius 3 is 2.38 bits per heavy atom. The zero-order chi connectivity index (χ0) is 27.6. The molecule has 2 aliphatic heterocycles. The van der Waals surface area contributed by atoms with E-state index >= 15 is 0 Å². The van der Waals surface area contributed by atoms with Gasteiger partial charge >= 0.3 is 5.24 Å². The number of amides is 1. The van der Waals surface area contributed by atoms with Crippen LogP contribution in [0, 0.1) is 0 Å². The fraction of sp³-hybridized carbons (Fsp3) is 0.156. The highest BCUT2D eigenvalue weighted by atomic mass is 32.2. The highest BCUT2D eigenvalue weighted by molar-refractivity contribution is 8.18. The number of carbonyl (C=O) groups is 1. The quantitative estimate of drug-likeness (QED) is 0.251. The Kier molecular flexibility index (Phi) is 7.00. The predicted molar refractivity (Wildman–Crippen MR) is 161 cm³/mol. The minimum absolute atomic E-state index is 0.147. The number of benzene rings is 4. The van der Waals surface area contributed by atoms with Crippen LogP contribution in [0.3, 0.4) is 0 Å². The van der Waals surface area contributed by atoms with E-state index in [4.69, 9.17) is 19.3 Å². The Morgan fingerprint density at radius 1 is 0.850 bits per heavy atom. The standard InChI is InChI=1S/C32H27N3O4S/c1-37-25-13-11-22(12-14-25)27-19-26(24-10-9-21-6-4-5-7-23(21)18-24)34-35(27)31-30(40-32(36)33-31)17-20-8-15-28(38-2)29(16-20)39-3/h4-18,27H,19H2,1-3H3/b30-17-/t27-/m0/s1. The summed E-state index contributed by atoms with van der Waals surface area (Å²) < 4.78 is 16.2. The monoisotopic (exact) mass is 549 g/mol. The van der Waals surface area contributed by atoms with Gasteiger partial charge in [-0.3, -0.25) is 4.79 Å². The van der Waals surface area contributed by atoms with Crippen molar-refractivity contribution in [2.45, 2.75) is 12.5 Å². The van der Waals surface area contributed by atoms with E-state index in [0.717, 1.165) is 50.2 Å². The molecule has 0 unspecified atom stereocenters. The van der Waals surface area contributed by atoms with E-state index in [-0.39, 0.29) is 11.3 Å². The maximum Gasteiger partial charge on any atom is 0.311 e. The highest BCUT2D eigenvalue weighted by Gasteiger charge is 2.37. The molecule has 4 aromatic carbocycles. The number of amidine groups is 1. The van der Waals surface area contributed by atoms with E-state index in [0.29, 0.717) is 23.8 Å². The average molecular weight is 550 g/mol. The van der Waals surface area contributed by atoms with Crippen LogP contribution >= 0.6 is 11.8 Å². The zero-order valence-corrected chi connectivity index (χ0v) is 23.1. The van der Waals surface area contributed by atoms with Crippen LogP contribution < -0.4 is 14.2 Å². The van der Waals surface area contributed by atoms with Crippen molar-refractivity contribution in [3.05, 3.63) is 107 Å². The van der Waals surface area contributed by atoms with Crippen LogP contribution in [-0.4, -0.2) is 43.1 Å². The Bertz CT molecular complexity index is 1690. The molecule has 0 saturated heterocycles. The molecule has 200 valence electrons. The topological polar surface area (TPSA) is 72.7 Å². The van der Waals surface area contributed by atoms with Gasteiger partial charge in [0.1, 0.15) is 5.75 Å². The Hall–Kier alpha value is -4.56. The fourth-order valence-corrected chi connectivity index (χ4v) is 5.74. The molecule has 0 aromatic heterocycles. The molecule has 0 bridgehead atoms. The Labute approximate surface area is 236 Å². The second-order valence-electron chi connectivity index (χ2n) is 9.37. The van der Waals surface area contributed by atoms with Crippen molar-refractivity contribution >= 4 is 45.4 Å². The number of fused-ring (bicyclic) bond motifs is 1. The van der Waals surface area contributed by atoms with Gasteiger partial charge in [-0.05, 0) is 75.6 Å². The molecular weight excluding hydrogens is 522 g/mol. The van der Waals surface area contributed by atoms with Crippen LogP contribution in [0.25, 0.3) is 16.8 Å². The van der Waals surface area contributed by atoms with Crippen LogP contribution in [0.1, 0.15) is 29.2 Å². The molecule has 0 aliphatic carbocycles. The minimum Gasteiger partial charge on any atom is -0.497 e. The summed E-state index contributed by atoms with van der Waals surface area (Å²) in [5, 5.41) is 9.01. The molecule has 4 aromatic rings. The molecule has 0 radical (unpaired) electrons. The van der Waals surface area contributed by atoms with E-state index in [1.807, 2.05) is 65.7 Å². The van der Waals surface area contributed by atoms with Crippen molar-refractivity contribution in [3.8, 4) is 17.2 Å². The van der Waals surface area contributed by atoms with Gasteiger partial charge in [-0.2, -0.15) is 10.1 Å². The summed E-state index contributed by atoms with van der Waals surface area (Å²) in [4.78, 5) is 17.8. The first kappa shape index (κ1) is 25.7. The number of hydrogen-bond acceptors (Lipinski definition) is 7. The smallest absolute Gasteiger partial charge is 0.311 e. The SMILES string of the molecule is COc1ccc([C@@H]2CC(c3ccc4ccccc4c3)=NN2C2=NC(=O)S/C2=C\c2ccc(OC)c(OC)c2)cc1. The number of carbonyl (C=O) groups excluding carboxylic acids is 1. The molecule has 0 spiro atoms. The van der Waals surface area contributed by atoms with Crippen molar-refractivity contribution in [2.24, 2.45) is 10.1 Å². The van der Waals surface area contributed by atoms with Gasteiger partial charge in [0.2, 0.25) is 0 Å². The molecule has 0 N–H and O–H groups in total. The molecule has 0 saturated carbocycles. The molecule has 2 heterocycles. The van der Waals surface area contributed by atoms with E-state index in [2.05, 4.69) is 35.3 Å². The first-order valence-corrected chi connectivity index (χ1v) is 13.6. The molecule has 2 aliphatic rings. The van der Waals surface area contributed by atoms with E-state index in [1.54, 1.807) is 21.3 Å². The lowest BCUT2D eigenvalue weighted by atomic mass is 9.97. The summed E-state index contributed by atoms with van der Waals surface area (Å²) in [7, 11) is 4.85. The fourth-order valence-electron chi connectivity index (χ4n) is 4.99. The second-order valence-corrected chi connectivity index (χ2v) is 10.4. The molecule has 40 heavy (non-hydrogen) atoms. The van der Waals surface area contributed by atoms with E-state index < -0.39 is 0 Å². The lowest BCUT2D eigenvalue weighted by molar-refractivity contribution is 0.267. The maximum atomic E-state index is 12.7. The van der Waals surface area contributed by atoms with Crippen molar-refractivity contribution in [1.29, 1.82) is 0 Å². The van der Waals surface area contributed by atoms with Crippen LogP contribution in [0.2, 0.25) is 0 Å². The third kappa shape index (κ3) is 4.94. The van der Waals surface area contributed by atoms with Crippen LogP contribution in [0.4, 0.5) is 4.79 Å². The van der Waals surface area contributed by atoms with Crippen molar-refractivity contribution in [2.75, 3.05) is 21.3 Å². The zero-order valence-electron chi connectivity index (χ0n) is 22.3. The summed E-state index contributed by atoms with van der Waals surface area (Å²) in [6, 6.07) is 28.1. The van der Waals surface area contributed by atoms with Gasteiger partial charge in [0.05, 0.1) is 38.0 Å². The summed E-state index contributed by atoms with van der Waals surface area (Å²) >= 11 is 1.10.